The predicted octanol–water partition coefficient (Wildman–Crippen LogP) is 2.45. The number of hydrogen-bond acceptors (Lipinski definition) is 3. The Labute approximate surface area is 106 Å². The molecule has 0 aliphatic carbocycles. The molecule has 16 heavy (non-hydrogen) atoms. The highest BCUT2D eigenvalue weighted by molar-refractivity contribution is 9.11. The fourth-order valence-electron chi connectivity index (χ4n) is 0.992. The first-order valence-corrected chi connectivity index (χ1v) is 6.14. The average molecular weight is 306 g/mol. The Hall–Kier alpha value is -0.880. The van der Waals surface area contributed by atoms with Crippen LogP contribution in [0.15, 0.2) is 15.9 Å². The Morgan fingerprint density at radius 1 is 1.44 bits per heavy atom. The number of hydrogen-bond donors (Lipinski definition) is 1. The van der Waals surface area contributed by atoms with Crippen LogP contribution in [0.4, 0.5) is 0 Å². The maximum absolute atomic E-state index is 12.0. The zero-order valence-electron chi connectivity index (χ0n) is 9.15. The molecule has 6 heteroatoms. The number of halogens is 1. The van der Waals surface area contributed by atoms with Gasteiger partial charge in [-0.2, -0.15) is 0 Å². The van der Waals surface area contributed by atoms with Gasteiger partial charge >= 0.3 is 5.97 Å². The molecule has 1 rings (SSSR count). The van der Waals surface area contributed by atoms with Crippen LogP contribution in [0.25, 0.3) is 0 Å². The highest BCUT2D eigenvalue weighted by Crippen LogP contribution is 2.25. The van der Waals surface area contributed by atoms with Gasteiger partial charge in [-0.15, -0.1) is 11.3 Å². The van der Waals surface area contributed by atoms with Crippen LogP contribution in [0.3, 0.4) is 0 Å². The van der Waals surface area contributed by atoms with Crippen LogP contribution in [0.1, 0.15) is 23.5 Å². The fraction of sp³-hybridized carbons (Fsp3) is 0.400. The smallest absolute Gasteiger partial charge is 0.329 e. The molecule has 0 fully saturated rings. The molecule has 88 valence electrons. The van der Waals surface area contributed by atoms with Gasteiger partial charge in [0.2, 0.25) is 0 Å². The third-order valence-electron chi connectivity index (χ3n) is 2.45. The van der Waals surface area contributed by atoms with Gasteiger partial charge in [-0.3, -0.25) is 4.79 Å². The summed E-state index contributed by atoms with van der Waals surface area (Å²) in [7, 11) is 1.49. The van der Waals surface area contributed by atoms with Crippen molar-refractivity contribution in [2.45, 2.75) is 19.4 Å². The molecule has 0 atom stereocenters. The molecule has 0 radical (unpaired) electrons. The summed E-state index contributed by atoms with van der Waals surface area (Å²) >= 11 is 4.54. The molecule has 4 nitrogen and oxygen atoms in total. The number of likely N-dealkylation sites (N-methyl/N-ethyl adjacent to an activating group) is 1. The van der Waals surface area contributed by atoms with Crippen LogP contribution in [-0.2, 0) is 4.79 Å². The zero-order chi connectivity index (χ0) is 12.5. The maximum atomic E-state index is 12.0. The normalized spacial score (nSPS) is 11.2. The van der Waals surface area contributed by atoms with Crippen molar-refractivity contribution in [3.05, 3.63) is 20.8 Å². The van der Waals surface area contributed by atoms with Crippen LogP contribution >= 0.6 is 27.3 Å². The van der Waals surface area contributed by atoms with Crippen molar-refractivity contribution < 1.29 is 14.7 Å². The predicted molar refractivity (Wildman–Crippen MR) is 65.8 cm³/mol. The van der Waals surface area contributed by atoms with Gasteiger partial charge < -0.3 is 10.0 Å². The molecule has 1 amide bonds. The van der Waals surface area contributed by atoms with E-state index in [0.717, 1.165) is 3.79 Å². The average Bonchev–Trinajstić information content (AvgIpc) is 2.62. The van der Waals surface area contributed by atoms with E-state index >= 15 is 0 Å². The van der Waals surface area contributed by atoms with Crippen molar-refractivity contribution in [2.75, 3.05) is 7.05 Å². The molecule has 1 aromatic rings. The van der Waals surface area contributed by atoms with Crippen LogP contribution < -0.4 is 0 Å². The first kappa shape index (κ1) is 13.2. The van der Waals surface area contributed by atoms with Gasteiger partial charge in [0.05, 0.1) is 8.66 Å². The van der Waals surface area contributed by atoms with Crippen LogP contribution in [0, 0.1) is 0 Å². The van der Waals surface area contributed by atoms with Crippen LogP contribution in [0.5, 0.6) is 0 Å². The van der Waals surface area contributed by atoms with Crippen molar-refractivity contribution in [3.63, 3.8) is 0 Å². The number of nitrogens with zero attached hydrogens (tertiary/aromatic N) is 1. The number of carboxylic acids is 1. The SMILES string of the molecule is CN(C(=O)c1ccc(Br)s1)C(C)(C)C(=O)O. The largest absolute Gasteiger partial charge is 0.480 e. The van der Waals surface area contributed by atoms with Gasteiger partial charge in [-0.1, -0.05) is 0 Å². The van der Waals surface area contributed by atoms with E-state index in [4.69, 9.17) is 5.11 Å². The van der Waals surface area contributed by atoms with Gasteiger partial charge in [0.1, 0.15) is 5.54 Å². The minimum Gasteiger partial charge on any atom is -0.480 e. The minimum atomic E-state index is -1.21. The van der Waals surface area contributed by atoms with E-state index in [1.54, 1.807) is 12.1 Å². The van der Waals surface area contributed by atoms with E-state index in [0.29, 0.717) is 4.88 Å². The second-order valence-corrected chi connectivity index (χ2v) is 6.30. The van der Waals surface area contributed by atoms with Gasteiger partial charge in [-0.25, -0.2) is 4.79 Å². The van der Waals surface area contributed by atoms with Crippen molar-refractivity contribution in [2.24, 2.45) is 0 Å². The molecule has 0 aliphatic heterocycles. The summed E-state index contributed by atoms with van der Waals surface area (Å²) < 4.78 is 0.845. The molecular weight excluding hydrogens is 294 g/mol. The number of carbonyl (C=O) groups excluding carboxylic acids is 1. The van der Waals surface area contributed by atoms with Crippen molar-refractivity contribution >= 4 is 39.1 Å². The summed E-state index contributed by atoms with van der Waals surface area (Å²) in [6.07, 6.45) is 0. The lowest BCUT2D eigenvalue weighted by molar-refractivity contribution is -0.147. The molecule has 0 unspecified atom stereocenters. The second-order valence-electron chi connectivity index (χ2n) is 3.83. The second kappa shape index (κ2) is 4.55. The summed E-state index contributed by atoms with van der Waals surface area (Å²) in [5.74, 6) is -1.32. The Balaban J connectivity index is 2.95. The highest BCUT2D eigenvalue weighted by Gasteiger charge is 2.35. The van der Waals surface area contributed by atoms with Gasteiger partial charge in [0.15, 0.2) is 0 Å². The molecule has 0 spiro atoms. The monoisotopic (exact) mass is 305 g/mol. The van der Waals surface area contributed by atoms with E-state index in [1.807, 2.05) is 0 Å². The summed E-state index contributed by atoms with van der Waals surface area (Å²) in [5, 5.41) is 9.01. The first-order chi connectivity index (χ1) is 7.26. The quantitative estimate of drug-likeness (QED) is 0.933. The van der Waals surface area contributed by atoms with Gasteiger partial charge in [0.25, 0.3) is 5.91 Å². The minimum absolute atomic E-state index is 0.289. The number of amides is 1. The molecular formula is C10H12BrNO3S. The van der Waals surface area contributed by atoms with Crippen LogP contribution in [-0.4, -0.2) is 34.5 Å². The molecule has 0 aliphatic rings. The molecule has 0 saturated carbocycles. The molecule has 1 N–H and O–H groups in total. The topological polar surface area (TPSA) is 57.6 Å². The Kier molecular flexibility index (Phi) is 3.75. The van der Waals surface area contributed by atoms with E-state index in [-0.39, 0.29) is 5.91 Å². The Bertz CT molecular complexity index is 427. The maximum Gasteiger partial charge on any atom is 0.329 e. The number of rotatable bonds is 3. The summed E-state index contributed by atoms with van der Waals surface area (Å²) in [6, 6.07) is 3.44. The first-order valence-electron chi connectivity index (χ1n) is 4.53. The lowest BCUT2D eigenvalue weighted by atomic mass is 10.0. The Morgan fingerprint density at radius 2 is 2.00 bits per heavy atom. The van der Waals surface area contributed by atoms with E-state index in [9.17, 15) is 9.59 Å². The van der Waals surface area contributed by atoms with Crippen LogP contribution in [0.2, 0.25) is 0 Å². The standard InChI is InChI=1S/C10H12BrNO3S/c1-10(2,9(14)15)12(3)8(13)6-4-5-7(11)16-6/h4-5H,1-3H3,(H,14,15). The molecule has 1 heterocycles. The summed E-state index contributed by atoms with van der Waals surface area (Å²) in [6.45, 7) is 2.99. The molecule has 1 aromatic heterocycles. The zero-order valence-corrected chi connectivity index (χ0v) is 11.6. The lowest BCUT2D eigenvalue weighted by Crippen LogP contribution is -2.50. The number of carbonyl (C=O) groups is 2. The van der Waals surface area contributed by atoms with E-state index < -0.39 is 11.5 Å². The summed E-state index contributed by atoms with van der Waals surface area (Å²) in [4.78, 5) is 24.7. The molecule has 0 aromatic carbocycles. The van der Waals surface area contributed by atoms with Crippen molar-refractivity contribution in [3.8, 4) is 0 Å². The fourth-order valence-corrected chi connectivity index (χ4v) is 2.35. The van der Waals surface area contributed by atoms with E-state index in [2.05, 4.69) is 15.9 Å². The van der Waals surface area contributed by atoms with Crippen molar-refractivity contribution in [1.82, 2.24) is 4.90 Å². The van der Waals surface area contributed by atoms with Gasteiger partial charge in [-0.05, 0) is 41.9 Å². The highest BCUT2D eigenvalue weighted by atomic mass is 79.9. The summed E-state index contributed by atoms with van der Waals surface area (Å²) in [5.41, 5.74) is -1.21. The van der Waals surface area contributed by atoms with Gasteiger partial charge in [0, 0.05) is 7.05 Å². The number of aliphatic carboxylic acids is 1. The van der Waals surface area contributed by atoms with E-state index in [1.165, 1.54) is 37.1 Å². The lowest BCUT2D eigenvalue weighted by Gasteiger charge is -2.31. The molecule has 0 saturated heterocycles. The van der Waals surface area contributed by atoms with Crippen molar-refractivity contribution in [1.29, 1.82) is 0 Å². The Morgan fingerprint density at radius 3 is 2.38 bits per heavy atom. The number of carboxylic acid groups (broad SMARTS) is 1. The third-order valence-corrected chi connectivity index (χ3v) is 4.06. The molecule has 0 bridgehead atoms. The third kappa shape index (κ3) is 2.44. The number of thiophene rings is 1.